The molecule has 0 spiro atoms. The molecule has 0 bridgehead atoms. The van der Waals surface area contributed by atoms with Crippen LogP contribution in [0.15, 0.2) is 18.2 Å². The first-order valence-electron chi connectivity index (χ1n) is 4.46. The van der Waals surface area contributed by atoms with Gasteiger partial charge in [-0.25, -0.2) is 0 Å². The fourth-order valence-corrected chi connectivity index (χ4v) is 1.16. The minimum absolute atomic E-state index is 0.0755. The quantitative estimate of drug-likeness (QED) is 0.739. The van der Waals surface area contributed by atoms with E-state index >= 15 is 0 Å². The molecule has 0 amide bonds. The Kier molecular flexibility index (Phi) is 3.63. The molecule has 0 aromatic heterocycles. The fourth-order valence-electron chi connectivity index (χ4n) is 1.16. The van der Waals surface area contributed by atoms with E-state index in [0.29, 0.717) is 5.46 Å². The van der Waals surface area contributed by atoms with E-state index in [4.69, 9.17) is 10.5 Å². The first-order chi connectivity index (χ1) is 6.95. The van der Waals surface area contributed by atoms with Crippen molar-refractivity contribution in [3.05, 3.63) is 23.8 Å². The average molecular weight is 217 g/mol. The van der Waals surface area contributed by atoms with Gasteiger partial charge in [0.15, 0.2) is 0 Å². The van der Waals surface area contributed by atoms with Gasteiger partial charge in [0, 0.05) is 6.54 Å². The zero-order valence-electron chi connectivity index (χ0n) is 8.27. The van der Waals surface area contributed by atoms with Gasteiger partial charge in [0.25, 0.3) is 0 Å². The summed E-state index contributed by atoms with van der Waals surface area (Å²) in [7, 11) is 1.60. The second-order valence-corrected chi connectivity index (χ2v) is 3.13. The van der Waals surface area contributed by atoms with Crippen molar-refractivity contribution in [2.45, 2.75) is 6.18 Å². The van der Waals surface area contributed by atoms with Crippen molar-refractivity contribution in [1.82, 2.24) is 0 Å². The van der Waals surface area contributed by atoms with Gasteiger partial charge in [0.1, 0.15) is 20.2 Å². The average Bonchev–Trinajstić information content (AvgIpc) is 2.14. The fraction of sp³-hybridized carbons (Fsp3) is 0.333. The molecule has 0 saturated carbocycles. The number of hydrogen-bond donors (Lipinski definition) is 1. The van der Waals surface area contributed by atoms with Gasteiger partial charge >= 0.3 is 6.18 Å². The third-order valence-electron chi connectivity index (χ3n) is 1.82. The van der Waals surface area contributed by atoms with Crippen molar-refractivity contribution in [1.29, 1.82) is 0 Å². The summed E-state index contributed by atoms with van der Waals surface area (Å²) in [5, 5.41) is 0. The summed E-state index contributed by atoms with van der Waals surface area (Å²) >= 11 is 0. The highest BCUT2D eigenvalue weighted by molar-refractivity contribution is 6.32. The van der Waals surface area contributed by atoms with Gasteiger partial charge in [-0.15, -0.1) is 0 Å². The maximum atomic E-state index is 12.5. The van der Waals surface area contributed by atoms with Crippen LogP contribution in [0.3, 0.4) is 0 Å². The van der Waals surface area contributed by atoms with Crippen LogP contribution in [0.1, 0.15) is 5.56 Å². The van der Waals surface area contributed by atoms with Crippen molar-refractivity contribution < 1.29 is 17.9 Å². The third-order valence-corrected chi connectivity index (χ3v) is 1.82. The highest BCUT2D eigenvalue weighted by Crippen LogP contribution is 2.35. The van der Waals surface area contributed by atoms with E-state index in [0.717, 1.165) is 6.07 Å². The second kappa shape index (κ2) is 4.57. The van der Waals surface area contributed by atoms with E-state index < -0.39 is 11.7 Å². The molecule has 6 heteroatoms. The Morgan fingerprint density at radius 1 is 1.33 bits per heavy atom. The lowest BCUT2D eigenvalue weighted by atomic mass is 9.94. The van der Waals surface area contributed by atoms with Crippen molar-refractivity contribution >= 4 is 13.3 Å². The lowest BCUT2D eigenvalue weighted by Crippen LogP contribution is -2.16. The van der Waals surface area contributed by atoms with Crippen LogP contribution in [0.25, 0.3) is 0 Å². The van der Waals surface area contributed by atoms with Crippen molar-refractivity contribution in [2.75, 3.05) is 13.2 Å². The Morgan fingerprint density at radius 2 is 2.00 bits per heavy atom. The Morgan fingerprint density at radius 3 is 2.53 bits per heavy atom. The minimum Gasteiger partial charge on any atom is -0.492 e. The highest BCUT2D eigenvalue weighted by atomic mass is 19.4. The van der Waals surface area contributed by atoms with E-state index in [1.807, 2.05) is 0 Å². The van der Waals surface area contributed by atoms with Crippen LogP contribution in [-0.2, 0) is 6.18 Å². The number of rotatable bonds is 3. The maximum Gasteiger partial charge on any atom is 0.419 e. The third kappa shape index (κ3) is 3.16. The topological polar surface area (TPSA) is 35.2 Å². The second-order valence-electron chi connectivity index (χ2n) is 3.13. The van der Waals surface area contributed by atoms with E-state index in [2.05, 4.69) is 0 Å². The summed E-state index contributed by atoms with van der Waals surface area (Å²) in [5.74, 6) is -0.168. The molecule has 82 valence electrons. The Balaban J connectivity index is 3.04. The number of nitrogens with two attached hydrogens (primary N) is 1. The van der Waals surface area contributed by atoms with Gasteiger partial charge in [0.2, 0.25) is 0 Å². The molecular formula is C9H11BF3NO. The molecule has 0 saturated heterocycles. The molecule has 2 N–H and O–H groups in total. The van der Waals surface area contributed by atoms with Crippen LogP contribution in [0.2, 0.25) is 0 Å². The molecule has 0 aliphatic carbocycles. The van der Waals surface area contributed by atoms with Crippen LogP contribution < -0.4 is 15.9 Å². The van der Waals surface area contributed by atoms with Crippen LogP contribution in [0, 0.1) is 0 Å². The van der Waals surface area contributed by atoms with Crippen molar-refractivity contribution in [3.8, 4) is 5.75 Å². The summed E-state index contributed by atoms with van der Waals surface area (Å²) in [6.07, 6.45) is -4.39. The Labute approximate surface area is 86.6 Å². The van der Waals surface area contributed by atoms with Gasteiger partial charge in [-0.1, -0.05) is 17.6 Å². The summed E-state index contributed by atoms with van der Waals surface area (Å²) in [4.78, 5) is 0. The number of alkyl halides is 3. The SMILES string of the molecule is Bc1ccc(OCCN)c(C(F)(F)F)c1. The largest absolute Gasteiger partial charge is 0.492 e. The number of ether oxygens (including phenoxy) is 1. The molecular weight excluding hydrogens is 206 g/mol. The van der Waals surface area contributed by atoms with E-state index in [1.165, 1.54) is 6.07 Å². The van der Waals surface area contributed by atoms with Gasteiger partial charge in [-0.2, -0.15) is 13.2 Å². The molecule has 0 fully saturated rings. The predicted octanol–water partition coefficient (Wildman–Crippen LogP) is 0.301. The first kappa shape index (κ1) is 11.9. The van der Waals surface area contributed by atoms with E-state index in [1.54, 1.807) is 13.9 Å². The lowest BCUT2D eigenvalue weighted by molar-refractivity contribution is -0.138. The summed E-state index contributed by atoms with van der Waals surface area (Å²) in [5.41, 5.74) is 4.95. The molecule has 0 radical (unpaired) electrons. The predicted molar refractivity (Wildman–Crippen MR) is 54.2 cm³/mol. The van der Waals surface area contributed by atoms with E-state index in [-0.39, 0.29) is 18.9 Å². The van der Waals surface area contributed by atoms with Crippen LogP contribution in [-0.4, -0.2) is 21.0 Å². The zero-order valence-corrected chi connectivity index (χ0v) is 8.27. The molecule has 0 unspecified atom stereocenters. The van der Waals surface area contributed by atoms with Gasteiger partial charge in [0.05, 0.1) is 5.56 Å². The standard InChI is InChI=1S/C9H11BF3NO/c10-6-1-2-8(15-4-3-14)7(5-6)9(11,12)13/h1-2,5H,3-4,10,14H2. The Hall–Kier alpha value is -1.17. The van der Waals surface area contributed by atoms with Gasteiger partial charge in [-0.3, -0.25) is 0 Å². The molecule has 0 atom stereocenters. The number of benzene rings is 1. The number of hydrogen-bond acceptors (Lipinski definition) is 2. The van der Waals surface area contributed by atoms with Crippen molar-refractivity contribution in [3.63, 3.8) is 0 Å². The summed E-state index contributed by atoms with van der Waals surface area (Å²) in [6.45, 7) is 0.261. The smallest absolute Gasteiger partial charge is 0.419 e. The molecule has 15 heavy (non-hydrogen) atoms. The molecule has 0 aliphatic rings. The van der Waals surface area contributed by atoms with Crippen LogP contribution in [0.4, 0.5) is 13.2 Å². The van der Waals surface area contributed by atoms with Crippen LogP contribution >= 0.6 is 0 Å². The van der Waals surface area contributed by atoms with Crippen molar-refractivity contribution in [2.24, 2.45) is 5.73 Å². The highest BCUT2D eigenvalue weighted by Gasteiger charge is 2.34. The molecule has 1 aromatic rings. The zero-order chi connectivity index (χ0) is 11.5. The molecule has 1 rings (SSSR count). The maximum absolute atomic E-state index is 12.5. The summed E-state index contributed by atoms with van der Waals surface area (Å²) < 4.78 is 42.6. The first-order valence-corrected chi connectivity index (χ1v) is 4.46. The normalized spacial score (nSPS) is 11.5. The lowest BCUT2D eigenvalue weighted by Gasteiger charge is -2.14. The van der Waals surface area contributed by atoms with Gasteiger partial charge in [-0.05, 0) is 6.07 Å². The number of halogens is 3. The molecule has 0 heterocycles. The molecule has 2 nitrogen and oxygen atoms in total. The van der Waals surface area contributed by atoms with E-state index in [9.17, 15) is 13.2 Å². The molecule has 1 aromatic carbocycles. The monoisotopic (exact) mass is 217 g/mol. The van der Waals surface area contributed by atoms with Crippen LogP contribution in [0.5, 0.6) is 5.75 Å². The minimum atomic E-state index is -4.39. The van der Waals surface area contributed by atoms with Gasteiger partial charge < -0.3 is 10.5 Å². The summed E-state index contributed by atoms with van der Waals surface area (Å²) in [6, 6.07) is 3.95. The Bertz CT molecular complexity index is 341. The molecule has 0 aliphatic heterocycles.